The summed E-state index contributed by atoms with van der Waals surface area (Å²) in [6.07, 6.45) is -1.76. The number of aromatic nitrogens is 2. The second-order valence-electron chi connectivity index (χ2n) is 4.38. The van der Waals surface area contributed by atoms with Gasteiger partial charge in [-0.15, -0.1) is 0 Å². The molecule has 6 nitrogen and oxygen atoms in total. The summed E-state index contributed by atoms with van der Waals surface area (Å²) in [5.74, 6) is 0.0204. The molecule has 1 saturated heterocycles. The van der Waals surface area contributed by atoms with Crippen molar-refractivity contribution in [3.63, 3.8) is 0 Å². The number of hydrogen-bond donors (Lipinski definition) is 3. The molecule has 7 heteroatoms. The standard InChI is InChI=1S/C11H16FN3O3/c1-2-3-6-8(16)7(12)9(18-6)5-4-14-11(17)15-10(5)13/h4,6-9,16H,2-3H2,1H3,(H3,13,14,15,17)/t6-,7+,8+,9+/m0/s1. The van der Waals surface area contributed by atoms with Crippen molar-refractivity contribution in [2.45, 2.75) is 44.2 Å². The lowest BCUT2D eigenvalue weighted by molar-refractivity contribution is 0.00421. The first-order chi connectivity index (χ1) is 8.54. The minimum absolute atomic E-state index is 0.0204. The Hall–Kier alpha value is -1.47. The average Bonchev–Trinajstić information content (AvgIpc) is 2.58. The van der Waals surface area contributed by atoms with E-state index in [9.17, 15) is 14.3 Å². The molecule has 1 aromatic rings. The number of anilines is 1. The van der Waals surface area contributed by atoms with Gasteiger partial charge in [0, 0.05) is 11.8 Å². The monoisotopic (exact) mass is 257 g/mol. The van der Waals surface area contributed by atoms with Crippen LogP contribution in [0.15, 0.2) is 11.0 Å². The van der Waals surface area contributed by atoms with Crippen LogP contribution in [0.2, 0.25) is 0 Å². The number of nitrogens with zero attached hydrogens (tertiary/aromatic N) is 1. The van der Waals surface area contributed by atoms with E-state index in [0.717, 1.165) is 6.42 Å². The number of hydrogen-bond acceptors (Lipinski definition) is 5. The van der Waals surface area contributed by atoms with E-state index in [-0.39, 0.29) is 11.4 Å². The Bertz CT molecular complexity index is 479. The lowest BCUT2D eigenvalue weighted by atomic mass is 10.0. The molecule has 0 spiro atoms. The van der Waals surface area contributed by atoms with Crippen molar-refractivity contribution in [1.82, 2.24) is 9.97 Å². The van der Waals surface area contributed by atoms with Crippen LogP contribution in [0, 0.1) is 0 Å². The SMILES string of the molecule is CCC[C@@H]1O[C@H](c2cnc(=O)[nH]c2N)[C@H](F)[C@@H]1O. The van der Waals surface area contributed by atoms with Crippen molar-refractivity contribution in [2.24, 2.45) is 0 Å². The fourth-order valence-electron chi connectivity index (χ4n) is 2.14. The van der Waals surface area contributed by atoms with E-state index in [0.29, 0.717) is 6.42 Å². The fraction of sp³-hybridized carbons (Fsp3) is 0.636. The maximum atomic E-state index is 14.0. The molecule has 0 bridgehead atoms. The summed E-state index contributed by atoms with van der Waals surface area (Å²) in [6, 6.07) is 0. The first-order valence-corrected chi connectivity index (χ1v) is 5.87. The van der Waals surface area contributed by atoms with Gasteiger partial charge in [0.1, 0.15) is 18.0 Å². The third-order valence-electron chi connectivity index (χ3n) is 3.07. The Kier molecular flexibility index (Phi) is 3.63. The van der Waals surface area contributed by atoms with Crippen LogP contribution in [-0.2, 0) is 4.74 Å². The Morgan fingerprint density at radius 1 is 1.67 bits per heavy atom. The van der Waals surface area contributed by atoms with E-state index >= 15 is 0 Å². The van der Waals surface area contributed by atoms with E-state index < -0.39 is 30.2 Å². The molecule has 1 aromatic heterocycles. The minimum Gasteiger partial charge on any atom is -0.387 e. The summed E-state index contributed by atoms with van der Waals surface area (Å²) in [5.41, 5.74) is 5.27. The van der Waals surface area contributed by atoms with Gasteiger partial charge in [0.05, 0.1) is 6.10 Å². The number of alkyl halides is 1. The molecule has 18 heavy (non-hydrogen) atoms. The van der Waals surface area contributed by atoms with Crippen molar-refractivity contribution in [3.8, 4) is 0 Å². The van der Waals surface area contributed by atoms with E-state index in [2.05, 4.69) is 9.97 Å². The number of aromatic amines is 1. The number of halogens is 1. The molecule has 1 fully saturated rings. The van der Waals surface area contributed by atoms with Crippen molar-refractivity contribution < 1.29 is 14.2 Å². The summed E-state index contributed by atoms with van der Waals surface area (Å²) in [4.78, 5) is 16.7. The zero-order valence-corrected chi connectivity index (χ0v) is 9.97. The number of aliphatic hydroxyl groups excluding tert-OH is 1. The highest BCUT2D eigenvalue weighted by Gasteiger charge is 2.45. The molecule has 4 atom stereocenters. The zero-order valence-electron chi connectivity index (χ0n) is 9.97. The highest BCUT2D eigenvalue weighted by Crippen LogP contribution is 2.38. The Labute approximate surface area is 103 Å². The van der Waals surface area contributed by atoms with Crippen LogP contribution in [0.5, 0.6) is 0 Å². The van der Waals surface area contributed by atoms with Gasteiger partial charge in [-0.1, -0.05) is 13.3 Å². The maximum absolute atomic E-state index is 14.0. The minimum atomic E-state index is -1.57. The van der Waals surface area contributed by atoms with Gasteiger partial charge >= 0.3 is 5.69 Å². The number of nitrogens with one attached hydrogen (secondary N) is 1. The van der Waals surface area contributed by atoms with Gasteiger partial charge in [-0.2, -0.15) is 0 Å². The molecule has 4 N–H and O–H groups in total. The molecule has 1 aliphatic heterocycles. The summed E-state index contributed by atoms with van der Waals surface area (Å²) in [5, 5.41) is 9.73. The first-order valence-electron chi connectivity index (χ1n) is 5.87. The van der Waals surface area contributed by atoms with E-state index in [1.54, 1.807) is 0 Å². The van der Waals surface area contributed by atoms with Crippen LogP contribution in [-0.4, -0.2) is 33.5 Å². The van der Waals surface area contributed by atoms with Crippen LogP contribution in [0.25, 0.3) is 0 Å². The fourth-order valence-corrected chi connectivity index (χ4v) is 2.14. The van der Waals surface area contributed by atoms with Crippen LogP contribution < -0.4 is 11.4 Å². The number of nitrogen functional groups attached to an aromatic ring is 1. The maximum Gasteiger partial charge on any atom is 0.346 e. The Morgan fingerprint density at radius 3 is 3.00 bits per heavy atom. The Morgan fingerprint density at radius 2 is 2.39 bits per heavy atom. The third kappa shape index (κ3) is 2.23. The molecule has 0 radical (unpaired) electrons. The van der Waals surface area contributed by atoms with Crippen LogP contribution >= 0.6 is 0 Å². The van der Waals surface area contributed by atoms with Crippen LogP contribution in [0.3, 0.4) is 0 Å². The van der Waals surface area contributed by atoms with Gasteiger partial charge in [0.2, 0.25) is 0 Å². The lowest BCUT2D eigenvalue weighted by Crippen LogP contribution is -2.27. The van der Waals surface area contributed by atoms with Gasteiger partial charge in [0.15, 0.2) is 6.17 Å². The Balaban J connectivity index is 2.26. The molecule has 0 amide bonds. The molecule has 0 aromatic carbocycles. The van der Waals surface area contributed by atoms with Gasteiger partial charge in [-0.3, -0.25) is 4.98 Å². The van der Waals surface area contributed by atoms with Gasteiger partial charge < -0.3 is 15.6 Å². The third-order valence-corrected chi connectivity index (χ3v) is 3.07. The highest BCUT2D eigenvalue weighted by atomic mass is 19.1. The van der Waals surface area contributed by atoms with Gasteiger partial charge in [0.25, 0.3) is 0 Å². The number of nitrogens with two attached hydrogens (primary N) is 1. The smallest absolute Gasteiger partial charge is 0.346 e. The van der Waals surface area contributed by atoms with Gasteiger partial charge in [-0.25, -0.2) is 14.2 Å². The molecule has 2 heterocycles. The van der Waals surface area contributed by atoms with Crippen molar-refractivity contribution in [2.75, 3.05) is 5.73 Å². The van der Waals surface area contributed by atoms with E-state index in [1.165, 1.54) is 6.20 Å². The number of aliphatic hydroxyl groups is 1. The highest BCUT2D eigenvalue weighted by molar-refractivity contribution is 5.39. The summed E-state index contributed by atoms with van der Waals surface area (Å²) < 4.78 is 19.4. The summed E-state index contributed by atoms with van der Waals surface area (Å²) in [6.45, 7) is 1.92. The predicted molar refractivity (Wildman–Crippen MR) is 62.7 cm³/mol. The van der Waals surface area contributed by atoms with E-state index in [4.69, 9.17) is 10.5 Å². The van der Waals surface area contributed by atoms with Crippen LogP contribution in [0.1, 0.15) is 31.4 Å². The molecule has 1 aliphatic rings. The van der Waals surface area contributed by atoms with E-state index in [1.807, 2.05) is 6.92 Å². The first kappa shape index (κ1) is 13.0. The zero-order chi connectivity index (χ0) is 13.3. The molecular formula is C11H16FN3O3. The van der Waals surface area contributed by atoms with Crippen molar-refractivity contribution >= 4 is 5.82 Å². The van der Waals surface area contributed by atoms with Crippen LogP contribution in [0.4, 0.5) is 10.2 Å². The molecule has 2 rings (SSSR count). The van der Waals surface area contributed by atoms with Crippen molar-refractivity contribution in [3.05, 3.63) is 22.2 Å². The second-order valence-corrected chi connectivity index (χ2v) is 4.38. The lowest BCUT2D eigenvalue weighted by Gasteiger charge is -2.14. The summed E-state index contributed by atoms with van der Waals surface area (Å²) in [7, 11) is 0. The number of rotatable bonds is 3. The number of ether oxygens (including phenoxy) is 1. The van der Waals surface area contributed by atoms with Gasteiger partial charge in [-0.05, 0) is 6.42 Å². The molecule has 0 unspecified atom stereocenters. The summed E-state index contributed by atoms with van der Waals surface area (Å²) >= 11 is 0. The normalized spacial score (nSPS) is 31.7. The largest absolute Gasteiger partial charge is 0.387 e. The average molecular weight is 257 g/mol. The number of H-pyrrole nitrogens is 1. The second kappa shape index (κ2) is 5.03. The molecule has 0 aliphatic carbocycles. The molecular weight excluding hydrogens is 241 g/mol. The predicted octanol–water partition coefficient (Wildman–Crippen LogP) is 0.291. The molecule has 0 saturated carbocycles. The molecule has 100 valence electrons. The van der Waals surface area contributed by atoms with Crippen molar-refractivity contribution in [1.29, 1.82) is 0 Å². The topological polar surface area (TPSA) is 101 Å². The quantitative estimate of drug-likeness (QED) is 0.722.